The molecule has 0 fully saturated rings. The largest absolute Gasteiger partial charge is 0.378 e. The second-order valence-corrected chi connectivity index (χ2v) is 5.93. The maximum Gasteiger partial charge on any atom is 0.275 e. The second kappa shape index (κ2) is 5.33. The van der Waals surface area contributed by atoms with Crippen LogP contribution in [0.5, 0.6) is 0 Å². The molecule has 0 saturated heterocycles. The van der Waals surface area contributed by atoms with E-state index in [1.54, 1.807) is 0 Å². The third kappa shape index (κ3) is 2.69. The van der Waals surface area contributed by atoms with Crippen molar-refractivity contribution in [2.24, 2.45) is 4.99 Å². The fourth-order valence-electron chi connectivity index (χ4n) is 2.19. The Morgan fingerprint density at radius 2 is 1.81 bits per heavy atom. The molecule has 2 aromatic carbocycles. The van der Waals surface area contributed by atoms with Gasteiger partial charge in [-0.1, -0.05) is 15.9 Å². The lowest BCUT2D eigenvalue weighted by molar-refractivity contribution is -0.110. The van der Waals surface area contributed by atoms with Crippen LogP contribution in [0.2, 0.25) is 0 Å². The molecule has 1 heterocycles. The Hall–Kier alpha value is -2.14. The number of fused-ring (bicyclic) bond motifs is 1. The van der Waals surface area contributed by atoms with Crippen molar-refractivity contribution in [3.63, 3.8) is 0 Å². The molecule has 0 spiro atoms. The Balaban J connectivity index is 2.00. The van der Waals surface area contributed by atoms with E-state index in [2.05, 4.69) is 26.2 Å². The SMILES string of the molecule is CN(C)c1ccc(N=C2C(=O)Nc3ccc(Br)cc32)cc1. The number of aliphatic imine (C=N–C) groups is 1. The van der Waals surface area contributed by atoms with Crippen LogP contribution in [0.1, 0.15) is 5.56 Å². The van der Waals surface area contributed by atoms with E-state index in [1.165, 1.54) is 0 Å². The van der Waals surface area contributed by atoms with Crippen molar-refractivity contribution in [1.29, 1.82) is 0 Å². The first kappa shape index (κ1) is 13.8. The van der Waals surface area contributed by atoms with Gasteiger partial charge >= 0.3 is 0 Å². The molecule has 0 aromatic heterocycles. The summed E-state index contributed by atoms with van der Waals surface area (Å²) in [6.07, 6.45) is 0. The molecular formula is C16H14BrN3O. The predicted octanol–water partition coefficient (Wildman–Crippen LogP) is 3.59. The van der Waals surface area contributed by atoms with Crippen LogP contribution < -0.4 is 10.2 Å². The third-order valence-electron chi connectivity index (χ3n) is 3.31. The lowest BCUT2D eigenvalue weighted by atomic mass is 10.1. The van der Waals surface area contributed by atoms with Crippen LogP contribution in [0.3, 0.4) is 0 Å². The van der Waals surface area contributed by atoms with Crippen LogP contribution in [0.4, 0.5) is 17.1 Å². The Morgan fingerprint density at radius 1 is 1.10 bits per heavy atom. The molecule has 0 atom stereocenters. The van der Waals surface area contributed by atoms with Crippen molar-refractivity contribution >= 4 is 44.6 Å². The lowest BCUT2D eigenvalue weighted by Gasteiger charge is -2.11. The van der Waals surface area contributed by atoms with Gasteiger partial charge in [-0.25, -0.2) is 4.99 Å². The molecule has 1 aliphatic heterocycles. The number of amides is 1. The van der Waals surface area contributed by atoms with E-state index >= 15 is 0 Å². The Labute approximate surface area is 131 Å². The van der Waals surface area contributed by atoms with Gasteiger partial charge in [0.05, 0.1) is 11.4 Å². The predicted molar refractivity (Wildman–Crippen MR) is 89.7 cm³/mol. The number of rotatable bonds is 2. The van der Waals surface area contributed by atoms with Gasteiger partial charge in [0.15, 0.2) is 0 Å². The topological polar surface area (TPSA) is 44.7 Å². The highest BCUT2D eigenvalue weighted by Gasteiger charge is 2.25. The highest BCUT2D eigenvalue weighted by molar-refractivity contribution is 9.10. The quantitative estimate of drug-likeness (QED) is 0.905. The van der Waals surface area contributed by atoms with E-state index in [4.69, 9.17) is 0 Å². The first-order valence-corrected chi connectivity index (χ1v) is 7.31. The molecule has 21 heavy (non-hydrogen) atoms. The number of hydrogen-bond acceptors (Lipinski definition) is 3. The number of carbonyl (C=O) groups excluding carboxylic acids is 1. The van der Waals surface area contributed by atoms with Gasteiger partial charge in [0.25, 0.3) is 5.91 Å². The fourth-order valence-corrected chi connectivity index (χ4v) is 2.55. The number of halogens is 1. The van der Waals surface area contributed by atoms with Crippen LogP contribution in [0.15, 0.2) is 51.9 Å². The summed E-state index contributed by atoms with van der Waals surface area (Å²) in [6.45, 7) is 0. The summed E-state index contributed by atoms with van der Waals surface area (Å²) in [4.78, 5) is 18.6. The minimum Gasteiger partial charge on any atom is -0.378 e. The summed E-state index contributed by atoms with van der Waals surface area (Å²) in [5.41, 5.74) is 3.93. The molecule has 5 heteroatoms. The molecule has 0 aliphatic carbocycles. The Kier molecular flexibility index (Phi) is 3.51. The summed E-state index contributed by atoms with van der Waals surface area (Å²) in [5.74, 6) is -0.167. The average Bonchev–Trinajstić information content (AvgIpc) is 2.76. The van der Waals surface area contributed by atoms with Gasteiger partial charge in [0.2, 0.25) is 0 Å². The molecule has 4 nitrogen and oxygen atoms in total. The van der Waals surface area contributed by atoms with Crippen LogP contribution in [0.25, 0.3) is 0 Å². The molecular weight excluding hydrogens is 330 g/mol. The maximum atomic E-state index is 12.1. The van der Waals surface area contributed by atoms with Gasteiger partial charge in [0, 0.05) is 29.8 Å². The van der Waals surface area contributed by atoms with E-state index in [-0.39, 0.29) is 5.91 Å². The van der Waals surface area contributed by atoms with Crippen molar-refractivity contribution in [3.05, 3.63) is 52.5 Å². The lowest BCUT2D eigenvalue weighted by Crippen LogP contribution is -2.13. The molecule has 1 amide bonds. The molecule has 2 aromatic rings. The number of hydrogen-bond donors (Lipinski definition) is 1. The standard InChI is InChI=1S/C16H14BrN3O/c1-20(2)12-6-4-11(5-7-12)18-15-13-9-10(17)3-8-14(13)19-16(15)21/h3-9H,1-2H3,(H,18,19,21). The van der Waals surface area contributed by atoms with Crippen LogP contribution >= 0.6 is 15.9 Å². The first-order chi connectivity index (χ1) is 10.0. The smallest absolute Gasteiger partial charge is 0.275 e. The fraction of sp³-hybridized carbons (Fsp3) is 0.125. The Morgan fingerprint density at radius 3 is 2.48 bits per heavy atom. The highest BCUT2D eigenvalue weighted by atomic mass is 79.9. The third-order valence-corrected chi connectivity index (χ3v) is 3.80. The molecule has 0 bridgehead atoms. The summed E-state index contributed by atoms with van der Waals surface area (Å²) >= 11 is 3.42. The van der Waals surface area contributed by atoms with E-state index in [0.29, 0.717) is 5.71 Å². The zero-order valence-corrected chi connectivity index (χ0v) is 13.3. The molecule has 0 saturated carbocycles. The minimum atomic E-state index is -0.167. The van der Waals surface area contributed by atoms with Gasteiger partial charge in [-0.05, 0) is 42.5 Å². The number of nitrogens with zero attached hydrogens (tertiary/aromatic N) is 2. The molecule has 3 rings (SSSR count). The normalized spacial score (nSPS) is 15.0. The number of carbonyl (C=O) groups is 1. The minimum absolute atomic E-state index is 0.167. The number of nitrogens with one attached hydrogen (secondary N) is 1. The van der Waals surface area contributed by atoms with Crippen molar-refractivity contribution < 1.29 is 4.79 Å². The highest BCUT2D eigenvalue weighted by Crippen LogP contribution is 2.29. The molecule has 1 aliphatic rings. The van der Waals surface area contributed by atoms with E-state index in [9.17, 15) is 4.79 Å². The van der Waals surface area contributed by atoms with Gasteiger partial charge < -0.3 is 10.2 Å². The van der Waals surface area contributed by atoms with E-state index in [0.717, 1.165) is 27.1 Å². The zero-order chi connectivity index (χ0) is 15.0. The van der Waals surface area contributed by atoms with Crippen molar-refractivity contribution in [2.75, 3.05) is 24.3 Å². The van der Waals surface area contributed by atoms with Crippen molar-refractivity contribution in [3.8, 4) is 0 Å². The van der Waals surface area contributed by atoms with Gasteiger partial charge in [-0.15, -0.1) is 0 Å². The first-order valence-electron chi connectivity index (χ1n) is 6.52. The van der Waals surface area contributed by atoms with Gasteiger partial charge in [-0.2, -0.15) is 0 Å². The molecule has 1 N–H and O–H groups in total. The summed E-state index contributed by atoms with van der Waals surface area (Å²) < 4.78 is 0.924. The molecule has 0 radical (unpaired) electrons. The van der Waals surface area contributed by atoms with Crippen LogP contribution in [0, 0.1) is 0 Å². The van der Waals surface area contributed by atoms with Crippen LogP contribution in [-0.4, -0.2) is 25.7 Å². The van der Waals surface area contributed by atoms with Crippen LogP contribution in [-0.2, 0) is 4.79 Å². The molecule has 0 unspecified atom stereocenters. The van der Waals surface area contributed by atoms with Crippen molar-refractivity contribution in [2.45, 2.75) is 0 Å². The van der Waals surface area contributed by atoms with E-state index < -0.39 is 0 Å². The summed E-state index contributed by atoms with van der Waals surface area (Å²) in [5, 5.41) is 2.83. The second-order valence-electron chi connectivity index (χ2n) is 5.02. The number of anilines is 2. The maximum absolute atomic E-state index is 12.1. The summed E-state index contributed by atoms with van der Waals surface area (Å²) in [7, 11) is 3.97. The summed E-state index contributed by atoms with van der Waals surface area (Å²) in [6, 6.07) is 13.4. The van der Waals surface area contributed by atoms with Crippen molar-refractivity contribution in [1.82, 2.24) is 0 Å². The Bertz CT molecular complexity index is 736. The monoisotopic (exact) mass is 343 g/mol. The number of benzene rings is 2. The molecule has 106 valence electrons. The average molecular weight is 344 g/mol. The zero-order valence-electron chi connectivity index (χ0n) is 11.7. The van der Waals surface area contributed by atoms with Gasteiger partial charge in [-0.3, -0.25) is 4.79 Å². The van der Waals surface area contributed by atoms with Gasteiger partial charge in [0.1, 0.15) is 5.71 Å². The van der Waals surface area contributed by atoms with E-state index in [1.807, 2.05) is 61.5 Å².